The van der Waals surface area contributed by atoms with E-state index in [1.165, 1.54) is 5.56 Å². The number of carbonyl (C=O) groups excluding carboxylic acids is 1. The van der Waals surface area contributed by atoms with Crippen molar-refractivity contribution in [2.24, 2.45) is 5.14 Å². The molecule has 0 saturated carbocycles. The fraction of sp³-hybridized carbons (Fsp3) is 0.300. The normalized spacial score (nSPS) is 11.2. The zero-order valence-corrected chi connectivity index (χ0v) is 9.54. The summed E-state index contributed by atoms with van der Waals surface area (Å²) < 4.78 is 17.6. The first-order valence-corrected chi connectivity index (χ1v) is 5.54. The Bertz CT molecular complexity index is 331. The Kier molecular flexibility index (Phi) is 6.77. The van der Waals surface area contributed by atoms with Gasteiger partial charge in [-0.3, -0.25) is 14.1 Å². The molecule has 1 atom stereocenters. The molecule has 1 aromatic rings. The van der Waals surface area contributed by atoms with Gasteiger partial charge >= 0.3 is 0 Å². The molecule has 1 rings (SSSR count). The van der Waals surface area contributed by atoms with Crippen molar-refractivity contribution in [3.05, 3.63) is 35.4 Å². The highest BCUT2D eigenvalue weighted by molar-refractivity contribution is 7.76. The van der Waals surface area contributed by atoms with Crippen LogP contribution in [0.1, 0.15) is 29.8 Å². The summed E-state index contributed by atoms with van der Waals surface area (Å²) in [4.78, 5) is 10.8. The third-order valence-electron chi connectivity index (χ3n) is 1.77. The quantitative estimate of drug-likeness (QED) is 0.609. The first-order chi connectivity index (χ1) is 6.97. The van der Waals surface area contributed by atoms with Crippen molar-refractivity contribution in [2.45, 2.75) is 20.3 Å². The summed E-state index contributed by atoms with van der Waals surface area (Å²) >= 11 is -2.36. The second-order valence-electron chi connectivity index (χ2n) is 2.87. The van der Waals surface area contributed by atoms with Gasteiger partial charge in [-0.1, -0.05) is 31.2 Å². The standard InChI is InChI=1S/C10H12O.H3NO2S/c1-3-9-4-6-10(7-5-9)8(2)11;1-4(2)3/h4-7H,3H2,1-2H3;1H2,(H,2,3)/p-1. The van der Waals surface area contributed by atoms with Gasteiger partial charge in [0.25, 0.3) is 0 Å². The molecular formula is C10H14NO3S-. The van der Waals surface area contributed by atoms with Crippen LogP contribution in [0.2, 0.25) is 0 Å². The van der Waals surface area contributed by atoms with Crippen LogP contribution in [0.25, 0.3) is 0 Å². The summed E-state index contributed by atoms with van der Waals surface area (Å²) in [6, 6.07) is 7.75. The predicted octanol–water partition coefficient (Wildman–Crippen LogP) is 1.19. The SMILES string of the molecule is CCc1ccc(C(C)=O)cc1.NS(=O)[O-]. The van der Waals surface area contributed by atoms with Crippen molar-refractivity contribution >= 4 is 17.0 Å². The lowest BCUT2D eigenvalue weighted by Gasteiger charge is -1.97. The van der Waals surface area contributed by atoms with E-state index in [0.29, 0.717) is 0 Å². The number of aryl methyl sites for hydroxylation is 1. The Morgan fingerprint density at radius 1 is 1.40 bits per heavy atom. The highest BCUT2D eigenvalue weighted by atomic mass is 32.2. The van der Waals surface area contributed by atoms with Crippen LogP contribution in [0.4, 0.5) is 0 Å². The highest BCUT2D eigenvalue weighted by Crippen LogP contribution is 2.04. The van der Waals surface area contributed by atoms with Gasteiger partial charge in [-0.05, 0) is 18.9 Å². The number of benzene rings is 1. The first-order valence-electron chi connectivity index (χ1n) is 4.41. The van der Waals surface area contributed by atoms with E-state index in [9.17, 15) is 4.79 Å². The molecule has 5 heteroatoms. The predicted molar refractivity (Wildman–Crippen MR) is 58.9 cm³/mol. The smallest absolute Gasteiger partial charge is 0.159 e. The summed E-state index contributed by atoms with van der Waals surface area (Å²) in [7, 11) is 0. The second kappa shape index (κ2) is 7.28. The van der Waals surface area contributed by atoms with Gasteiger partial charge in [0.2, 0.25) is 0 Å². The van der Waals surface area contributed by atoms with Crippen LogP contribution in [0.15, 0.2) is 24.3 Å². The first kappa shape index (κ1) is 14.0. The minimum atomic E-state index is -2.36. The summed E-state index contributed by atoms with van der Waals surface area (Å²) in [6.45, 7) is 3.68. The maximum absolute atomic E-state index is 10.8. The molecule has 0 aliphatic rings. The second-order valence-corrected chi connectivity index (χ2v) is 3.39. The number of rotatable bonds is 2. The zero-order valence-electron chi connectivity index (χ0n) is 8.73. The Morgan fingerprint density at radius 2 is 1.80 bits per heavy atom. The van der Waals surface area contributed by atoms with E-state index in [2.05, 4.69) is 12.1 Å². The summed E-state index contributed by atoms with van der Waals surface area (Å²) in [5.74, 6) is 0.132. The van der Waals surface area contributed by atoms with E-state index < -0.39 is 11.3 Å². The zero-order chi connectivity index (χ0) is 11.8. The molecule has 1 aromatic carbocycles. The number of carbonyl (C=O) groups is 1. The van der Waals surface area contributed by atoms with Crippen LogP contribution in [0, 0.1) is 0 Å². The van der Waals surface area contributed by atoms with Crippen molar-refractivity contribution in [2.75, 3.05) is 0 Å². The molecule has 1 unspecified atom stereocenters. The maximum Gasteiger partial charge on any atom is 0.159 e. The minimum absolute atomic E-state index is 0.132. The van der Waals surface area contributed by atoms with Gasteiger partial charge < -0.3 is 4.55 Å². The molecule has 4 nitrogen and oxygen atoms in total. The lowest BCUT2D eigenvalue weighted by Crippen LogP contribution is -1.97. The number of ketones is 1. The molecule has 0 aliphatic heterocycles. The van der Waals surface area contributed by atoms with Crippen molar-refractivity contribution in [1.82, 2.24) is 0 Å². The minimum Gasteiger partial charge on any atom is -0.760 e. The highest BCUT2D eigenvalue weighted by Gasteiger charge is 1.96. The third kappa shape index (κ3) is 6.96. The lowest BCUT2D eigenvalue weighted by atomic mass is 10.1. The monoisotopic (exact) mass is 228 g/mol. The van der Waals surface area contributed by atoms with E-state index in [1.54, 1.807) is 6.92 Å². The van der Waals surface area contributed by atoms with E-state index in [1.807, 2.05) is 24.3 Å². The fourth-order valence-corrected chi connectivity index (χ4v) is 0.975. The van der Waals surface area contributed by atoms with Crippen LogP contribution in [-0.2, 0) is 17.7 Å². The number of hydrogen-bond acceptors (Lipinski definition) is 3. The van der Waals surface area contributed by atoms with Crippen molar-refractivity contribution in [1.29, 1.82) is 0 Å². The van der Waals surface area contributed by atoms with Crippen LogP contribution in [-0.4, -0.2) is 14.5 Å². The molecule has 84 valence electrons. The molecule has 0 amide bonds. The molecule has 2 N–H and O–H groups in total. The molecule has 0 aromatic heterocycles. The largest absolute Gasteiger partial charge is 0.760 e. The average molecular weight is 228 g/mol. The molecular weight excluding hydrogens is 214 g/mol. The summed E-state index contributed by atoms with van der Waals surface area (Å²) in [6.07, 6.45) is 1.03. The average Bonchev–Trinajstić information content (AvgIpc) is 2.17. The molecule has 0 bridgehead atoms. The van der Waals surface area contributed by atoms with Gasteiger partial charge in [0.1, 0.15) is 0 Å². The van der Waals surface area contributed by atoms with E-state index in [-0.39, 0.29) is 5.78 Å². The van der Waals surface area contributed by atoms with Gasteiger partial charge in [0.05, 0.1) is 0 Å². The summed E-state index contributed by atoms with van der Waals surface area (Å²) in [5, 5.41) is 4.03. The Hall–Kier alpha value is -1.04. The summed E-state index contributed by atoms with van der Waals surface area (Å²) in [5.41, 5.74) is 2.07. The van der Waals surface area contributed by atoms with Gasteiger partial charge in [0, 0.05) is 16.8 Å². The lowest BCUT2D eigenvalue weighted by molar-refractivity contribution is 0.101. The molecule has 0 fully saturated rings. The van der Waals surface area contributed by atoms with Crippen LogP contribution in [0.5, 0.6) is 0 Å². The Labute approximate surface area is 91.9 Å². The molecule has 0 radical (unpaired) electrons. The van der Waals surface area contributed by atoms with Crippen LogP contribution < -0.4 is 5.14 Å². The van der Waals surface area contributed by atoms with Crippen LogP contribution >= 0.6 is 0 Å². The Balaban J connectivity index is 0.000000423. The topological polar surface area (TPSA) is 83.2 Å². The van der Waals surface area contributed by atoms with Gasteiger partial charge in [-0.15, -0.1) is 0 Å². The molecule has 0 heterocycles. The number of Topliss-reactive ketones (excluding diaryl/α,β-unsaturated/α-hetero) is 1. The van der Waals surface area contributed by atoms with Crippen molar-refractivity contribution < 1.29 is 13.6 Å². The van der Waals surface area contributed by atoms with Crippen molar-refractivity contribution in [3.63, 3.8) is 0 Å². The van der Waals surface area contributed by atoms with E-state index in [0.717, 1.165) is 12.0 Å². The number of hydrogen-bond donors (Lipinski definition) is 1. The molecule has 0 spiro atoms. The van der Waals surface area contributed by atoms with Crippen molar-refractivity contribution in [3.8, 4) is 0 Å². The Morgan fingerprint density at radius 3 is 2.07 bits per heavy atom. The molecule has 15 heavy (non-hydrogen) atoms. The van der Waals surface area contributed by atoms with E-state index in [4.69, 9.17) is 8.76 Å². The van der Waals surface area contributed by atoms with Crippen LogP contribution in [0.3, 0.4) is 0 Å². The van der Waals surface area contributed by atoms with E-state index >= 15 is 0 Å². The molecule has 0 aliphatic carbocycles. The molecule has 0 saturated heterocycles. The third-order valence-corrected chi connectivity index (χ3v) is 1.77. The van der Waals surface area contributed by atoms with Gasteiger partial charge in [-0.25, -0.2) is 0 Å². The fourth-order valence-electron chi connectivity index (χ4n) is 0.975. The van der Waals surface area contributed by atoms with Gasteiger partial charge in [-0.2, -0.15) is 0 Å². The maximum atomic E-state index is 10.8. The number of nitrogens with two attached hydrogens (primary N) is 1. The van der Waals surface area contributed by atoms with Gasteiger partial charge in [0.15, 0.2) is 5.78 Å².